The largest absolute Gasteiger partial charge is 0.431 e. The van der Waals surface area contributed by atoms with E-state index in [1.807, 2.05) is 36.4 Å². The lowest BCUT2D eigenvalue weighted by molar-refractivity contribution is -0.763. The number of carbonyl (C=O) groups is 2. The number of unbranched alkanes of at least 4 members (excludes halogenated alkanes) is 1. The van der Waals surface area contributed by atoms with Crippen molar-refractivity contribution in [3.63, 3.8) is 0 Å². The van der Waals surface area contributed by atoms with Gasteiger partial charge in [-0.05, 0) is 41.7 Å². The summed E-state index contributed by atoms with van der Waals surface area (Å²) in [6, 6.07) is 21.0. The fourth-order valence-electron chi connectivity index (χ4n) is 4.86. The molecule has 0 saturated carbocycles. The van der Waals surface area contributed by atoms with Gasteiger partial charge in [0.2, 0.25) is 0 Å². The Bertz CT molecular complexity index is 1790. The van der Waals surface area contributed by atoms with E-state index in [-0.39, 0.29) is 27.8 Å². The third kappa shape index (κ3) is 8.73. The molecule has 1 unspecified atom stereocenters. The van der Waals surface area contributed by atoms with Gasteiger partial charge in [-0.15, -0.1) is 15.2 Å². The Kier molecular flexibility index (Phi) is 12.2. The van der Waals surface area contributed by atoms with Crippen LogP contribution in [-0.2, 0) is 33.9 Å². The van der Waals surface area contributed by atoms with Crippen molar-refractivity contribution in [1.82, 2.24) is 14.7 Å². The van der Waals surface area contributed by atoms with E-state index in [1.165, 1.54) is 19.2 Å². The van der Waals surface area contributed by atoms with Gasteiger partial charge in [-0.3, -0.25) is 4.79 Å². The minimum absolute atomic E-state index is 0.0355. The quantitative estimate of drug-likeness (QED) is 0.0250. The molecule has 15 heteroatoms. The molecule has 1 atom stereocenters. The van der Waals surface area contributed by atoms with Crippen molar-refractivity contribution in [2.45, 2.75) is 52.6 Å². The van der Waals surface area contributed by atoms with Gasteiger partial charge in [-0.2, -0.15) is 5.12 Å². The third-order valence-corrected chi connectivity index (χ3v) is 7.63. The van der Waals surface area contributed by atoms with Crippen LogP contribution in [0.25, 0.3) is 11.1 Å². The van der Waals surface area contributed by atoms with Gasteiger partial charge in [-0.25, -0.2) is 15.6 Å². The number of hydrogen-bond acceptors (Lipinski definition) is 10. The predicted octanol–water partition coefficient (Wildman–Crippen LogP) is 5.09. The zero-order valence-corrected chi connectivity index (χ0v) is 27.4. The molecule has 1 heterocycles. The molecule has 252 valence electrons. The van der Waals surface area contributed by atoms with E-state index in [9.17, 15) is 19.7 Å². The number of carbonyl (C=O) groups excluding carboxylic acids is 2. The van der Waals surface area contributed by atoms with Crippen molar-refractivity contribution in [2.75, 3.05) is 7.11 Å². The molecule has 0 aliphatic rings. The molecule has 1 amide bonds. The summed E-state index contributed by atoms with van der Waals surface area (Å²) in [4.78, 5) is 45.7. The number of amides is 1. The summed E-state index contributed by atoms with van der Waals surface area (Å²) < 4.78 is 12.2. The van der Waals surface area contributed by atoms with Crippen molar-refractivity contribution in [3.05, 3.63) is 122 Å². The average Bonchev–Trinajstić information content (AvgIpc) is 3.40. The topological polar surface area (TPSA) is 190 Å². The first-order chi connectivity index (χ1) is 23.0. The smallest absolute Gasteiger partial charge is 0.360 e. The van der Waals surface area contributed by atoms with E-state index < -0.39 is 29.9 Å². The third-order valence-electron chi connectivity index (χ3n) is 7.36. The molecule has 4 aromatic rings. The molecule has 4 rings (SSSR count). The van der Waals surface area contributed by atoms with Gasteiger partial charge in [-0.1, -0.05) is 91.7 Å². The van der Waals surface area contributed by atoms with Crippen LogP contribution in [0.4, 0.5) is 0 Å². The van der Waals surface area contributed by atoms with E-state index in [0.29, 0.717) is 29.5 Å². The number of halogens is 1. The van der Waals surface area contributed by atoms with Crippen LogP contribution in [0, 0.1) is 10.1 Å². The Labute approximate surface area is 281 Å². The zero-order chi connectivity index (χ0) is 34.8. The molecule has 3 aromatic carbocycles. The molecule has 0 saturated heterocycles. The summed E-state index contributed by atoms with van der Waals surface area (Å²) in [5.74, 6) is 5.26. The normalized spacial score (nSPS) is 12.0. The zero-order valence-electron chi connectivity index (χ0n) is 26.7. The minimum Gasteiger partial charge on any atom is -0.431 e. The first-order valence-corrected chi connectivity index (χ1v) is 15.4. The van der Waals surface area contributed by atoms with Gasteiger partial charge < -0.3 is 24.6 Å². The number of nitrogens with two attached hydrogens (primary N) is 2. The number of benzene rings is 3. The highest BCUT2D eigenvalue weighted by Gasteiger charge is 2.25. The van der Waals surface area contributed by atoms with Gasteiger partial charge in [0.15, 0.2) is 23.0 Å². The molecular weight excluding hydrogens is 642 g/mol. The number of aryl methyl sites for hydroxylation is 1. The molecule has 0 bridgehead atoms. The summed E-state index contributed by atoms with van der Waals surface area (Å²) in [6.45, 7) is 3.55. The van der Waals surface area contributed by atoms with Crippen LogP contribution in [-0.4, -0.2) is 50.9 Å². The number of imidazole rings is 1. The highest BCUT2D eigenvalue weighted by atomic mass is 35.5. The maximum atomic E-state index is 13.1. The van der Waals surface area contributed by atoms with Gasteiger partial charge in [0, 0.05) is 31.2 Å². The number of aromatic nitrogens is 2. The molecule has 1 aromatic heterocycles. The van der Waals surface area contributed by atoms with Crippen LogP contribution in [0.15, 0.2) is 77.9 Å². The van der Waals surface area contributed by atoms with E-state index in [4.69, 9.17) is 32.7 Å². The number of hydrazine groups is 1. The highest BCUT2D eigenvalue weighted by molar-refractivity contribution is 6.32. The monoisotopic (exact) mass is 677 g/mol. The number of hydrogen-bond donors (Lipinski definition) is 2. The van der Waals surface area contributed by atoms with E-state index in [2.05, 4.69) is 21.8 Å². The number of amidine groups is 1. The van der Waals surface area contributed by atoms with E-state index in [0.717, 1.165) is 29.5 Å². The maximum Gasteiger partial charge on any atom is 0.360 e. The highest BCUT2D eigenvalue weighted by Crippen LogP contribution is 2.26. The van der Waals surface area contributed by atoms with Gasteiger partial charge >= 0.3 is 5.97 Å². The molecule has 0 aliphatic heterocycles. The second kappa shape index (κ2) is 16.5. The SMILES string of the molecule is CCCCc1nc(Cl)c(C(=O)OC(C)OC)n1Cc1ccc(-c2ccccc2/C(N)=N/N(N)C(=O)c2ccccc2CO[N+](=O)[O-])cc1. The Hall–Kier alpha value is -5.31. The van der Waals surface area contributed by atoms with Crippen LogP contribution >= 0.6 is 11.6 Å². The summed E-state index contributed by atoms with van der Waals surface area (Å²) in [6.07, 6.45) is 1.67. The van der Waals surface area contributed by atoms with Crippen molar-refractivity contribution < 1.29 is 29.0 Å². The predicted molar refractivity (Wildman–Crippen MR) is 178 cm³/mol. The maximum absolute atomic E-state index is 13.1. The minimum atomic E-state index is -0.947. The first-order valence-electron chi connectivity index (χ1n) is 15.0. The number of hydrazone groups is 1. The van der Waals surface area contributed by atoms with Crippen molar-refractivity contribution in [3.8, 4) is 11.1 Å². The molecular formula is C33H36ClN7O7. The van der Waals surface area contributed by atoms with E-state index >= 15 is 0 Å². The second-order valence-corrected chi connectivity index (χ2v) is 11.0. The Morgan fingerprint density at radius 2 is 1.75 bits per heavy atom. The molecule has 0 spiro atoms. The lowest BCUT2D eigenvalue weighted by Crippen LogP contribution is -2.36. The molecule has 14 nitrogen and oxygen atoms in total. The standard InChI is InChI=1S/C33H36ClN7O7/c1-4-5-14-28-37-30(34)29(33(43)48-21(2)46-3)39(28)19-22-15-17-23(18-16-22)25-11-8-9-13-27(25)31(35)38-40(36)32(42)26-12-7-6-10-24(26)20-47-41(44)45/h6-13,15-18,21H,4-5,14,19-20,36H2,1-3H3,(H2,35,38). The number of ether oxygens (including phenoxy) is 2. The Morgan fingerprint density at radius 3 is 2.42 bits per heavy atom. The Balaban J connectivity index is 1.59. The number of esters is 1. The fourth-order valence-corrected chi connectivity index (χ4v) is 5.14. The number of rotatable bonds is 15. The van der Waals surface area contributed by atoms with Crippen LogP contribution in [0.2, 0.25) is 5.15 Å². The lowest BCUT2D eigenvalue weighted by Gasteiger charge is -2.16. The summed E-state index contributed by atoms with van der Waals surface area (Å²) in [7, 11) is 1.44. The summed E-state index contributed by atoms with van der Waals surface area (Å²) in [5, 5.41) is 14.5. The van der Waals surface area contributed by atoms with Crippen LogP contribution in [0.5, 0.6) is 0 Å². The fraction of sp³-hybridized carbons (Fsp3) is 0.273. The van der Waals surface area contributed by atoms with Crippen LogP contribution < -0.4 is 11.6 Å². The number of nitrogens with zero attached hydrogens (tertiary/aromatic N) is 5. The molecule has 0 fully saturated rings. The molecule has 0 aliphatic carbocycles. The summed E-state index contributed by atoms with van der Waals surface area (Å²) >= 11 is 6.43. The van der Waals surface area contributed by atoms with Crippen molar-refractivity contribution in [2.24, 2.45) is 16.7 Å². The number of methoxy groups -OCH3 is 1. The second-order valence-electron chi connectivity index (χ2n) is 10.6. The van der Waals surface area contributed by atoms with Crippen LogP contribution in [0.3, 0.4) is 0 Å². The molecule has 0 radical (unpaired) electrons. The molecule has 48 heavy (non-hydrogen) atoms. The molecule has 4 N–H and O–H groups in total. The van der Waals surface area contributed by atoms with Crippen molar-refractivity contribution in [1.29, 1.82) is 0 Å². The van der Waals surface area contributed by atoms with Gasteiger partial charge in [0.25, 0.3) is 11.0 Å². The van der Waals surface area contributed by atoms with Gasteiger partial charge in [0.1, 0.15) is 12.4 Å². The van der Waals surface area contributed by atoms with Crippen LogP contribution in [0.1, 0.15) is 70.1 Å². The van der Waals surface area contributed by atoms with Crippen molar-refractivity contribution >= 4 is 29.3 Å². The van der Waals surface area contributed by atoms with Gasteiger partial charge in [0.05, 0.1) is 0 Å². The van der Waals surface area contributed by atoms with E-state index in [1.54, 1.807) is 35.8 Å². The summed E-state index contributed by atoms with van der Waals surface area (Å²) in [5.41, 5.74) is 9.74. The first kappa shape index (κ1) is 35.5. The lowest BCUT2D eigenvalue weighted by atomic mass is 9.98. The Morgan fingerprint density at radius 1 is 1.08 bits per heavy atom. The average molecular weight is 678 g/mol.